The highest BCUT2D eigenvalue weighted by Crippen LogP contribution is 2.49. The Morgan fingerprint density at radius 3 is 2.55 bits per heavy atom. The van der Waals surface area contributed by atoms with Crippen LogP contribution >= 0.6 is 0 Å². The summed E-state index contributed by atoms with van der Waals surface area (Å²) < 4.78 is 65.4. The van der Waals surface area contributed by atoms with Gasteiger partial charge in [-0.15, -0.1) is 0 Å². The molecule has 0 radical (unpaired) electrons. The molecule has 2 aliphatic carbocycles. The Balaban J connectivity index is 0.000000186. The Morgan fingerprint density at radius 2 is 1.90 bits per heavy atom. The van der Waals surface area contributed by atoms with E-state index in [4.69, 9.17) is 0 Å². The number of nitrogens with one attached hydrogen (secondary N) is 1. The van der Waals surface area contributed by atoms with Gasteiger partial charge in [0.15, 0.2) is 0 Å². The van der Waals surface area contributed by atoms with Gasteiger partial charge in [0.1, 0.15) is 11.6 Å². The maximum absolute atomic E-state index is 13.6. The molecule has 1 saturated carbocycles. The predicted molar refractivity (Wildman–Crippen MR) is 142 cm³/mol. The molecule has 2 N–H and O–H groups in total. The van der Waals surface area contributed by atoms with Crippen molar-refractivity contribution in [2.75, 3.05) is 6.54 Å². The number of rotatable bonds is 5. The number of alkyl halides is 3. The van der Waals surface area contributed by atoms with E-state index in [-0.39, 0.29) is 22.9 Å². The molecule has 1 aromatic heterocycles. The second-order valence-corrected chi connectivity index (χ2v) is 10.5. The van der Waals surface area contributed by atoms with E-state index in [1.807, 2.05) is 10.9 Å². The molecule has 5 nitrogen and oxygen atoms in total. The summed E-state index contributed by atoms with van der Waals surface area (Å²) in [6, 6.07) is 10.5. The first kappa shape index (κ1) is 29.5. The van der Waals surface area contributed by atoms with E-state index in [9.17, 15) is 31.9 Å². The number of carbonyl (C=O) groups is 1. The molecule has 214 valence electrons. The van der Waals surface area contributed by atoms with Crippen molar-refractivity contribution in [3.05, 3.63) is 88.3 Å². The highest BCUT2D eigenvalue weighted by Gasteiger charge is 2.44. The smallest absolute Gasteiger partial charge is 0.392 e. The molecule has 3 aromatic rings. The normalized spacial score (nSPS) is 20.5. The van der Waals surface area contributed by atoms with Gasteiger partial charge in [-0.3, -0.25) is 4.79 Å². The Hall–Kier alpha value is -3.53. The van der Waals surface area contributed by atoms with Crippen molar-refractivity contribution in [3.63, 3.8) is 0 Å². The van der Waals surface area contributed by atoms with Crippen molar-refractivity contribution in [1.29, 1.82) is 0 Å². The number of fused-ring (bicyclic) bond motifs is 2. The fourth-order valence-electron chi connectivity index (χ4n) is 5.18. The molecule has 3 atom stereocenters. The summed E-state index contributed by atoms with van der Waals surface area (Å²) in [5.41, 5.74) is 4.50. The van der Waals surface area contributed by atoms with Crippen LogP contribution in [0.3, 0.4) is 0 Å². The van der Waals surface area contributed by atoms with Gasteiger partial charge < -0.3 is 10.4 Å². The molecule has 1 amide bonds. The largest absolute Gasteiger partial charge is 0.393 e. The zero-order valence-corrected chi connectivity index (χ0v) is 22.5. The van der Waals surface area contributed by atoms with Gasteiger partial charge in [0, 0.05) is 12.0 Å². The zero-order chi connectivity index (χ0) is 29.2. The lowest BCUT2D eigenvalue weighted by Gasteiger charge is -2.33. The molecule has 1 heterocycles. The van der Waals surface area contributed by atoms with Gasteiger partial charge in [-0.2, -0.15) is 18.3 Å². The number of carbonyl (C=O) groups excluding carboxylic acids is 1. The van der Waals surface area contributed by atoms with E-state index in [0.717, 1.165) is 49.2 Å². The SMILES string of the molecule is CC12Cc3cnn(-c4ccc(F)cc4)c3C=C1CCC2O.CCc1cccc(F)c1C(=O)NCC(C)C(F)(F)F. The Kier molecular flexibility index (Phi) is 8.49. The maximum atomic E-state index is 13.6. The predicted octanol–water partition coefficient (Wildman–Crippen LogP) is 6.43. The molecule has 2 aromatic carbocycles. The zero-order valence-electron chi connectivity index (χ0n) is 22.5. The summed E-state index contributed by atoms with van der Waals surface area (Å²) in [6.45, 7) is 4.26. The molecule has 40 heavy (non-hydrogen) atoms. The molecule has 5 rings (SSSR count). The molecule has 3 unspecified atom stereocenters. The standard InChI is InChI=1S/C17H17FN2O.C13H15F4NO/c1-17-9-11-10-19-20(14-5-3-13(18)4-6-14)15(11)8-12(17)2-7-16(17)21;1-3-9-5-4-6-10(14)11(9)12(19)18-7-8(2)13(15,16)17/h3-6,8,10,16,21H,2,7,9H2,1H3;4-6,8H,3,7H2,1-2H3,(H,18,19). The number of hydrogen-bond donors (Lipinski definition) is 2. The van der Waals surface area contributed by atoms with E-state index in [2.05, 4.69) is 23.4 Å². The quantitative estimate of drug-likeness (QED) is 0.353. The average molecular weight is 562 g/mol. The van der Waals surface area contributed by atoms with Crippen LogP contribution in [-0.2, 0) is 12.8 Å². The van der Waals surface area contributed by atoms with Crippen molar-refractivity contribution in [2.45, 2.75) is 58.7 Å². The van der Waals surface area contributed by atoms with Crippen LogP contribution in [0.1, 0.15) is 60.8 Å². The number of benzene rings is 2. The van der Waals surface area contributed by atoms with E-state index in [0.29, 0.717) is 12.0 Å². The molecule has 0 aliphatic heterocycles. The first-order valence-electron chi connectivity index (χ1n) is 13.2. The van der Waals surface area contributed by atoms with Crippen molar-refractivity contribution >= 4 is 12.0 Å². The Labute approximate surface area is 229 Å². The second kappa shape index (κ2) is 11.5. The van der Waals surface area contributed by atoms with E-state index >= 15 is 0 Å². The summed E-state index contributed by atoms with van der Waals surface area (Å²) in [7, 11) is 0. The van der Waals surface area contributed by atoms with Gasteiger partial charge in [0.2, 0.25) is 0 Å². The van der Waals surface area contributed by atoms with Crippen LogP contribution in [0.5, 0.6) is 0 Å². The number of hydrogen-bond acceptors (Lipinski definition) is 3. The topological polar surface area (TPSA) is 67.1 Å². The molecule has 0 bridgehead atoms. The molecule has 2 aliphatic rings. The van der Waals surface area contributed by atoms with E-state index in [1.165, 1.54) is 23.8 Å². The first-order valence-corrected chi connectivity index (χ1v) is 13.2. The van der Waals surface area contributed by atoms with E-state index < -0.39 is 30.4 Å². The summed E-state index contributed by atoms with van der Waals surface area (Å²) in [5, 5.41) is 16.8. The van der Waals surface area contributed by atoms with Crippen LogP contribution in [0.4, 0.5) is 22.0 Å². The average Bonchev–Trinajstić information content (AvgIpc) is 3.44. The summed E-state index contributed by atoms with van der Waals surface area (Å²) >= 11 is 0. The number of halogens is 5. The third kappa shape index (κ3) is 5.96. The Morgan fingerprint density at radius 1 is 1.20 bits per heavy atom. The first-order chi connectivity index (χ1) is 18.8. The molecule has 1 fully saturated rings. The fraction of sp³-hybridized carbons (Fsp3) is 0.400. The Bertz CT molecular complexity index is 1400. The second-order valence-electron chi connectivity index (χ2n) is 10.5. The lowest BCUT2D eigenvalue weighted by molar-refractivity contribution is -0.167. The van der Waals surface area contributed by atoms with Crippen molar-refractivity contribution < 1.29 is 31.9 Å². The lowest BCUT2D eigenvalue weighted by atomic mass is 9.74. The van der Waals surface area contributed by atoms with Crippen LogP contribution in [0.25, 0.3) is 11.8 Å². The van der Waals surface area contributed by atoms with Gasteiger partial charge in [-0.05, 0) is 73.2 Å². The highest BCUT2D eigenvalue weighted by atomic mass is 19.4. The third-order valence-electron chi connectivity index (χ3n) is 7.82. The third-order valence-corrected chi connectivity index (χ3v) is 7.82. The number of aliphatic hydroxyl groups is 1. The number of aromatic nitrogens is 2. The number of amides is 1. The van der Waals surface area contributed by atoms with Crippen LogP contribution in [0.2, 0.25) is 0 Å². The molecule has 10 heteroatoms. The minimum absolute atomic E-state index is 0.149. The fourth-order valence-corrected chi connectivity index (χ4v) is 5.18. The van der Waals surface area contributed by atoms with Crippen molar-refractivity contribution in [3.8, 4) is 5.69 Å². The number of aryl methyl sites for hydroxylation is 1. The van der Waals surface area contributed by atoms with Gasteiger partial charge in [0.25, 0.3) is 5.91 Å². The molecular weight excluding hydrogens is 529 g/mol. The molecule has 0 saturated heterocycles. The minimum Gasteiger partial charge on any atom is -0.392 e. The summed E-state index contributed by atoms with van der Waals surface area (Å²) in [5.74, 6) is -3.46. The van der Waals surface area contributed by atoms with Gasteiger partial charge in [0.05, 0.1) is 35.2 Å². The monoisotopic (exact) mass is 561 g/mol. The van der Waals surface area contributed by atoms with Crippen LogP contribution in [-0.4, -0.2) is 39.6 Å². The van der Waals surface area contributed by atoms with Crippen molar-refractivity contribution in [2.24, 2.45) is 11.3 Å². The minimum atomic E-state index is -4.38. The number of aliphatic hydroxyl groups excluding tert-OH is 1. The van der Waals surface area contributed by atoms with Crippen LogP contribution < -0.4 is 5.32 Å². The maximum Gasteiger partial charge on any atom is 0.393 e. The summed E-state index contributed by atoms with van der Waals surface area (Å²) in [6.07, 6.45) is 2.38. The summed E-state index contributed by atoms with van der Waals surface area (Å²) in [4.78, 5) is 11.8. The van der Waals surface area contributed by atoms with Gasteiger partial charge in [-0.25, -0.2) is 13.5 Å². The van der Waals surface area contributed by atoms with Crippen molar-refractivity contribution in [1.82, 2.24) is 15.1 Å². The van der Waals surface area contributed by atoms with Crippen LogP contribution in [0.15, 0.2) is 54.2 Å². The lowest BCUT2D eigenvalue weighted by Crippen LogP contribution is -2.35. The number of nitrogens with zero attached hydrogens (tertiary/aromatic N) is 2. The van der Waals surface area contributed by atoms with Crippen LogP contribution in [0, 0.1) is 23.0 Å². The van der Waals surface area contributed by atoms with Gasteiger partial charge >= 0.3 is 6.18 Å². The van der Waals surface area contributed by atoms with Gasteiger partial charge in [-0.1, -0.05) is 38.5 Å². The molecule has 0 spiro atoms. The highest BCUT2D eigenvalue weighted by molar-refractivity contribution is 5.96. The van der Waals surface area contributed by atoms with E-state index in [1.54, 1.807) is 25.1 Å². The molecular formula is C30H32F5N3O2.